The van der Waals surface area contributed by atoms with E-state index in [1.165, 1.54) is 36.6 Å². The molecule has 0 bridgehead atoms. The summed E-state index contributed by atoms with van der Waals surface area (Å²) in [5.74, 6) is -9.54. The van der Waals surface area contributed by atoms with Gasteiger partial charge in [-0.3, -0.25) is 42.9 Å². The standard InChI is InChI=1S/C45H38N12O14S/c1-55-37-23(16-25(49-52-37)20-7-2-3-8-20)35(32(43(55)67)41(65)47-18-29(59)60)70-57-39-24(17-26(50-54-39)21-9-4-5-10-21)36(33(45(57)69)42(66)48-19-30(61)62)71-56-38-22(15-27(51-53-38)28-11-6-14-72-28)34(63)31(44(56)68)40(64)46-12-13-58/h6,9,11,13-17,20,63H,2-5,7-8,10,12,18-19H2,1H3,(H,46,64)(H,47,65)(H,48,66)(H,59,60)(H,61,62). The van der Waals surface area contributed by atoms with Crippen LogP contribution in [0.25, 0.3) is 49.2 Å². The minimum Gasteiger partial charge on any atom is -0.506 e. The van der Waals surface area contributed by atoms with Crippen molar-refractivity contribution in [3.05, 3.63) is 101 Å². The molecule has 1 saturated carbocycles. The lowest BCUT2D eigenvalue weighted by Crippen LogP contribution is -2.40. The van der Waals surface area contributed by atoms with E-state index in [1.807, 2.05) is 6.08 Å². The highest BCUT2D eigenvalue weighted by Crippen LogP contribution is 2.38. The van der Waals surface area contributed by atoms with Crippen molar-refractivity contribution in [2.75, 3.05) is 19.6 Å². The Hall–Kier alpha value is -9.27. The summed E-state index contributed by atoms with van der Waals surface area (Å²) >= 11 is 1.24. The van der Waals surface area contributed by atoms with E-state index < -0.39 is 111 Å². The second-order valence-electron chi connectivity index (χ2n) is 16.4. The number of pyridine rings is 3. The van der Waals surface area contributed by atoms with Gasteiger partial charge in [0.1, 0.15) is 30.8 Å². The minimum absolute atomic E-state index is 0.0737. The second-order valence-corrected chi connectivity index (χ2v) is 17.4. The van der Waals surface area contributed by atoms with Crippen LogP contribution in [-0.2, 0) is 21.4 Å². The van der Waals surface area contributed by atoms with Crippen molar-refractivity contribution in [3.8, 4) is 27.8 Å². The maximum Gasteiger partial charge on any atom is 0.322 e. The van der Waals surface area contributed by atoms with Crippen LogP contribution in [0.5, 0.6) is 17.2 Å². The van der Waals surface area contributed by atoms with E-state index in [9.17, 15) is 53.7 Å². The molecule has 2 aliphatic rings. The predicted octanol–water partition coefficient (Wildman–Crippen LogP) is 1.44. The van der Waals surface area contributed by atoms with Gasteiger partial charge in [-0.25, -0.2) is 0 Å². The number of carboxylic acids is 2. The molecule has 9 rings (SSSR count). The van der Waals surface area contributed by atoms with Crippen LogP contribution in [0.4, 0.5) is 0 Å². The Labute approximate surface area is 405 Å². The van der Waals surface area contributed by atoms with Crippen LogP contribution in [0, 0.1) is 0 Å². The van der Waals surface area contributed by atoms with Gasteiger partial charge in [0.2, 0.25) is 11.3 Å². The van der Waals surface area contributed by atoms with E-state index in [0.29, 0.717) is 64.0 Å². The molecule has 0 saturated heterocycles. The number of thiophene rings is 1. The first-order chi connectivity index (χ1) is 34.7. The summed E-state index contributed by atoms with van der Waals surface area (Å²) in [7, 11) is 1.27. The number of hydrogen-bond donors (Lipinski definition) is 6. The average molecular weight is 1000 g/mol. The maximum absolute atomic E-state index is 15.3. The average Bonchev–Trinajstić information content (AvgIpc) is 4.22. The number of carbonyl (C=O) groups is 6. The highest BCUT2D eigenvalue weighted by Gasteiger charge is 2.34. The molecule has 72 heavy (non-hydrogen) atoms. The lowest BCUT2D eigenvalue weighted by Gasteiger charge is -2.20. The molecule has 3 amide bonds. The van der Waals surface area contributed by atoms with E-state index in [1.54, 1.807) is 17.5 Å². The van der Waals surface area contributed by atoms with E-state index in [4.69, 9.17) is 9.68 Å². The molecule has 7 aromatic rings. The van der Waals surface area contributed by atoms with Crippen molar-refractivity contribution < 1.29 is 53.8 Å². The predicted molar refractivity (Wildman–Crippen MR) is 251 cm³/mol. The van der Waals surface area contributed by atoms with Gasteiger partial charge in [-0.1, -0.05) is 25.0 Å². The first-order valence-corrected chi connectivity index (χ1v) is 22.9. The van der Waals surface area contributed by atoms with Gasteiger partial charge in [0.15, 0.2) is 33.8 Å². The van der Waals surface area contributed by atoms with Crippen molar-refractivity contribution in [2.24, 2.45) is 7.05 Å². The number of amides is 3. The number of hydrogen-bond acceptors (Lipinski definition) is 19. The van der Waals surface area contributed by atoms with Crippen molar-refractivity contribution >= 4 is 86.0 Å². The molecule has 0 unspecified atom stereocenters. The molecular weight excluding hydrogens is 965 g/mol. The van der Waals surface area contributed by atoms with Gasteiger partial charge in [-0.05, 0) is 67.3 Å². The van der Waals surface area contributed by atoms with Crippen LogP contribution < -0.4 is 42.3 Å². The summed E-state index contributed by atoms with van der Waals surface area (Å²) in [5, 5.41) is 63.7. The van der Waals surface area contributed by atoms with Gasteiger partial charge in [0, 0.05) is 13.0 Å². The smallest absolute Gasteiger partial charge is 0.322 e. The molecule has 0 spiro atoms. The molecule has 26 nitrogen and oxygen atoms in total. The number of allylic oxidation sites excluding steroid dienone is 2. The number of carboxylic acid groups (broad SMARTS) is 2. The molecule has 0 aliphatic heterocycles. The van der Waals surface area contributed by atoms with Gasteiger partial charge in [-0.15, -0.1) is 46.3 Å². The van der Waals surface area contributed by atoms with Gasteiger partial charge in [0.05, 0.1) is 39.0 Å². The third kappa shape index (κ3) is 8.82. The summed E-state index contributed by atoms with van der Waals surface area (Å²) in [6.07, 6.45) is 7.16. The van der Waals surface area contributed by atoms with Gasteiger partial charge >= 0.3 is 23.1 Å². The number of nitrogens with zero attached hydrogens (tertiary/aromatic N) is 9. The first-order valence-electron chi connectivity index (χ1n) is 22.0. The molecule has 6 N–H and O–H groups in total. The van der Waals surface area contributed by atoms with E-state index in [2.05, 4.69) is 46.5 Å². The third-order valence-corrected chi connectivity index (χ3v) is 12.8. The SMILES string of the molecule is Cn1c(=O)c(C(=O)NCC(=O)O)c(On2c(=O)c(C(=O)NCC(=O)O)c(On3c(=O)c(C(=O)NCC=O)c(O)c4cc(-c5cccs5)nnc43)c3cc(C4=CCCC4)nnc32)c2cc(C3CCCC3)nnc21. The Bertz CT molecular complexity index is 3670. The van der Waals surface area contributed by atoms with Crippen LogP contribution >= 0.6 is 11.3 Å². The highest BCUT2D eigenvalue weighted by molar-refractivity contribution is 7.13. The zero-order chi connectivity index (χ0) is 51.0. The first kappa shape index (κ1) is 47.8. The zero-order valence-electron chi connectivity index (χ0n) is 37.5. The Balaban J connectivity index is 1.36. The van der Waals surface area contributed by atoms with Crippen molar-refractivity contribution in [1.82, 2.24) is 60.6 Å². The number of aryl methyl sites for hydroxylation is 1. The zero-order valence-corrected chi connectivity index (χ0v) is 38.3. The molecule has 2 aliphatic carbocycles. The Kier molecular flexibility index (Phi) is 13.0. The monoisotopic (exact) mass is 1000 g/mol. The fourth-order valence-electron chi connectivity index (χ4n) is 8.47. The number of aliphatic carboxylic acids is 2. The summed E-state index contributed by atoms with van der Waals surface area (Å²) < 4.78 is 1.69. The van der Waals surface area contributed by atoms with Crippen LogP contribution in [0.1, 0.15) is 93.3 Å². The number of aromatic nitrogens is 9. The summed E-state index contributed by atoms with van der Waals surface area (Å²) in [5.41, 5.74) is -6.89. The fraction of sp³-hybridized carbons (Fsp3) is 0.267. The number of aldehydes is 1. The molecule has 0 aromatic carbocycles. The second kappa shape index (κ2) is 19.6. The fourth-order valence-corrected chi connectivity index (χ4v) is 9.15. The van der Waals surface area contributed by atoms with Gasteiger partial charge in [-0.2, -0.15) is 5.10 Å². The van der Waals surface area contributed by atoms with E-state index >= 15 is 4.79 Å². The lowest BCUT2D eigenvalue weighted by atomic mass is 10.0. The highest BCUT2D eigenvalue weighted by atomic mass is 32.1. The Morgan fingerprint density at radius 3 is 1.89 bits per heavy atom. The minimum atomic E-state index is -1.56. The number of aromatic hydroxyl groups is 1. The number of fused-ring (bicyclic) bond motifs is 3. The van der Waals surface area contributed by atoms with Crippen LogP contribution in [-0.4, -0.2) is 116 Å². The van der Waals surface area contributed by atoms with Crippen LogP contribution in [0.2, 0.25) is 0 Å². The molecule has 7 heterocycles. The number of carbonyl (C=O) groups excluding carboxylic acids is 4. The molecule has 27 heteroatoms. The third-order valence-electron chi connectivity index (χ3n) is 11.9. The van der Waals surface area contributed by atoms with Crippen LogP contribution in [0.15, 0.2) is 56.2 Å². The van der Waals surface area contributed by atoms with Crippen molar-refractivity contribution in [1.29, 1.82) is 0 Å². The molecule has 368 valence electrons. The van der Waals surface area contributed by atoms with E-state index in [-0.39, 0.29) is 39.1 Å². The Morgan fingerprint density at radius 1 is 0.722 bits per heavy atom. The van der Waals surface area contributed by atoms with Crippen LogP contribution in [0.3, 0.4) is 0 Å². The number of rotatable bonds is 16. The maximum atomic E-state index is 15.3. The molecule has 1 fully saturated rings. The van der Waals surface area contributed by atoms with Crippen molar-refractivity contribution in [3.63, 3.8) is 0 Å². The number of nitrogens with one attached hydrogen (secondary N) is 3. The van der Waals surface area contributed by atoms with E-state index in [0.717, 1.165) is 17.4 Å². The molecule has 0 radical (unpaired) electrons. The molecule has 7 aromatic heterocycles. The topological polar surface area (TPSA) is 361 Å². The lowest BCUT2D eigenvalue weighted by molar-refractivity contribution is -0.136. The summed E-state index contributed by atoms with van der Waals surface area (Å²) in [6.45, 7) is -2.64. The van der Waals surface area contributed by atoms with Gasteiger partial charge in [0.25, 0.3) is 23.3 Å². The summed E-state index contributed by atoms with van der Waals surface area (Å²) in [4.78, 5) is 134. The van der Waals surface area contributed by atoms with Crippen molar-refractivity contribution in [2.45, 2.75) is 50.9 Å². The molecule has 0 atom stereocenters. The molecular formula is C45H38N12O14S. The quantitative estimate of drug-likeness (QED) is 0.0746. The largest absolute Gasteiger partial charge is 0.506 e. The Morgan fingerprint density at radius 2 is 1.29 bits per heavy atom. The summed E-state index contributed by atoms with van der Waals surface area (Å²) in [6, 6.07) is 7.46. The normalized spacial score (nSPS) is 13.5. The van der Waals surface area contributed by atoms with Gasteiger partial charge < -0.3 is 45.7 Å².